The fraction of sp³-hybridized carbons (Fsp3) is 0.0556. The molecule has 1 amide bonds. The summed E-state index contributed by atoms with van der Waals surface area (Å²) in [6.45, 7) is -0.204. The molecule has 126 valence electrons. The molecular weight excluding hydrogens is 361 g/mol. The van der Waals surface area contributed by atoms with Crippen LogP contribution in [0.4, 0.5) is 0 Å². The second-order valence-electron chi connectivity index (χ2n) is 5.07. The van der Waals surface area contributed by atoms with E-state index in [-0.39, 0.29) is 6.61 Å². The van der Waals surface area contributed by atoms with Crippen molar-refractivity contribution in [3.8, 4) is 5.75 Å². The number of fused-ring (bicyclic) bond motifs is 1. The van der Waals surface area contributed by atoms with Crippen molar-refractivity contribution in [2.24, 2.45) is 5.10 Å². The smallest absolute Gasteiger partial charge is 0.277 e. The van der Waals surface area contributed by atoms with E-state index in [1.165, 1.54) is 6.21 Å². The lowest BCUT2D eigenvalue weighted by atomic mass is 10.2. The van der Waals surface area contributed by atoms with Crippen molar-refractivity contribution >= 4 is 46.2 Å². The highest BCUT2D eigenvalue weighted by atomic mass is 35.5. The third-order valence-electron chi connectivity index (χ3n) is 3.29. The van der Waals surface area contributed by atoms with Crippen molar-refractivity contribution in [2.45, 2.75) is 0 Å². The van der Waals surface area contributed by atoms with Gasteiger partial charge in [0.2, 0.25) is 0 Å². The van der Waals surface area contributed by atoms with Crippen LogP contribution in [0.2, 0.25) is 10.2 Å². The van der Waals surface area contributed by atoms with Crippen LogP contribution in [0, 0.1) is 0 Å². The number of amides is 1. The second kappa shape index (κ2) is 7.96. The van der Waals surface area contributed by atoms with E-state index in [9.17, 15) is 4.79 Å². The van der Waals surface area contributed by atoms with Crippen LogP contribution in [0.15, 0.2) is 59.7 Å². The van der Waals surface area contributed by atoms with Gasteiger partial charge in [0.1, 0.15) is 10.9 Å². The molecule has 1 heterocycles. The quantitative estimate of drug-likeness (QED) is 0.416. The predicted molar refractivity (Wildman–Crippen MR) is 99.4 cm³/mol. The van der Waals surface area contributed by atoms with Gasteiger partial charge in [-0.15, -0.1) is 0 Å². The first-order valence-electron chi connectivity index (χ1n) is 7.38. The SMILES string of the molecule is O=C(COc1ccccc1Cl)N/N=C\c1cc2ccccc2nc1Cl. The van der Waals surface area contributed by atoms with Gasteiger partial charge in [0.05, 0.1) is 16.8 Å². The molecule has 1 aromatic heterocycles. The average molecular weight is 374 g/mol. The molecule has 0 spiro atoms. The number of ether oxygens (including phenoxy) is 1. The highest BCUT2D eigenvalue weighted by Gasteiger charge is 2.05. The second-order valence-corrected chi connectivity index (χ2v) is 5.84. The Kier molecular flexibility index (Phi) is 5.48. The lowest BCUT2D eigenvalue weighted by Crippen LogP contribution is -2.24. The third kappa shape index (κ3) is 4.47. The summed E-state index contributed by atoms with van der Waals surface area (Å²) in [5, 5.41) is 5.56. The molecular formula is C18H13Cl2N3O2. The molecule has 0 fully saturated rings. The molecule has 5 nitrogen and oxygen atoms in total. The number of halogens is 2. The van der Waals surface area contributed by atoms with Gasteiger partial charge in [-0.2, -0.15) is 5.10 Å². The van der Waals surface area contributed by atoms with Gasteiger partial charge in [-0.1, -0.05) is 53.5 Å². The Bertz CT molecular complexity index is 945. The summed E-state index contributed by atoms with van der Waals surface area (Å²) in [5.74, 6) is 0.0195. The highest BCUT2D eigenvalue weighted by molar-refractivity contribution is 6.32. The monoisotopic (exact) mass is 373 g/mol. The van der Waals surface area contributed by atoms with E-state index in [2.05, 4.69) is 15.5 Å². The topological polar surface area (TPSA) is 63.6 Å². The molecule has 3 aromatic rings. The van der Waals surface area contributed by atoms with E-state index in [0.29, 0.717) is 21.5 Å². The average Bonchev–Trinajstić information content (AvgIpc) is 2.61. The maximum Gasteiger partial charge on any atom is 0.277 e. The van der Waals surface area contributed by atoms with Crippen molar-refractivity contribution in [3.63, 3.8) is 0 Å². The van der Waals surface area contributed by atoms with Crippen LogP contribution >= 0.6 is 23.2 Å². The zero-order valence-corrected chi connectivity index (χ0v) is 14.5. The predicted octanol–water partition coefficient (Wildman–Crippen LogP) is 4.07. The van der Waals surface area contributed by atoms with Crippen molar-refractivity contribution < 1.29 is 9.53 Å². The number of nitrogens with one attached hydrogen (secondary N) is 1. The number of rotatable bonds is 5. The molecule has 0 saturated carbocycles. The van der Waals surface area contributed by atoms with Crippen LogP contribution in [0.3, 0.4) is 0 Å². The summed E-state index contributed by atoms with van der Waals surface area (Å²) in [6.07, 6.45) is 1.44. The number of aromatic nitrogens is 1. The largest absolute Gasteiger partial charge is 0.482 e. The summed E-state index contributed by atoms with van der Waals surface area (Å²) in [6, 6.07) is 16.3. The number of hydrogen-bond acceptors (Lipinski definition) is 4. The minimum absolute atomic E-state index is 0.204. The van der Waals surface area contributed by atoms with Gasteiger partial charge in [0, 0.05) is 10.9 Å². The molecule has 1 N–H and O–H groups in total. The Morgan fingerprint density at radius 3 is 2.76 bits per heavy atom. The number of hydrogen-bond donors (Lipinski definition) is 1. The molecule has 2 aromatic carbocycles. The maximum atomic E-state index is 11.8. The summed E-state index contributed by atoms with van der Waals surface area (Å²) in [4.78, 5) is 16.1. The third-order valence-corrected chi connectivity index (χ3v) is 3.91. The van der Waals surface area contributed by atoms with Crippen molar-refractivity contribution in [1.82, 2.24) is 10.4 Å². The van der Waals surface area contributed by atoms with Crippen molar-refractivity contribution in [2.75, 3.05) is 6.61 Å². The molecule has 0 unspecified atom stereocenters. The lowest BCUT2D eigenvalue weighted by molar-refractivity contribution is -0.123. The maximum absolute atomic E-state index is 11.8. The number of para-hydroxylation sites is 2. The zero-order valence-electron chi connectivity index (χ0n) is 12.9. The first kappa shape index (κ1) is 17.2. The van der Waals surface area contributed by atoms with Gasteiger partial charge < -0.3 is 4.74 Å². The number of hydrazone groups is 1. The van der Waals surface area contributed by atoms with Crippen LogP contribution in [0.25, 0.3) is 10.9 Å². The molecule has 0 radical (unpaired) electrons. The van der Waals surface area contributed by atoms with E-state index in [1.54, 1.807) is 24.3 Å². The number of carbonyl (C=O) groups excluding carboxylic acids is 1. The number of carbonyl (C=O) groups is 1. The van der Waals surface area contributed by atoms with Gasteiger partial charge in [0.25, 0.3) is 5.91 Å². The van der Waals surface area contributed by atoms with Crippen LogP contribution in [0.1, 0.15) is 5.56 Å². The molecule has 25 heavy (non-hydrogen) atoms. The molecule has 0 saturated heterocycles. The van der Waals surface area contributed by atoms with E-state index < -0.39 is 5.91 Å². The number of benzene rings is 2. The van der Waals surface area contributed by atoms with Crippen LogP contribution in [-0.2, 0) is 4.79 Å². The van der Waals surface area contributed by atoms with E-state index in [0.717, 1.165) is 10.9 Å². The lowest BCUT2D eigenvalue weighted by Gasteiger charge is -2.06. The Hall–Kier alpha value is -2.63. The van der Waals surface area contributed by atoms with Gasteiger partial charge in [0.15, 0.2) is 6.61 Å². The van der Waals surface area contributed by atoms with Crippen LogP contribution in [0.5, 0.6) is 5.75 Å². The minimum atomic E-state index is -0.416. The molecule has 0 bridgehead atoms. The fourth-order valence-electron chi connectivity index (χ4n) is 2.11. The van der Waals surface area contributed by atoms with E-state index in [4.69, 9.17) is 27.9 Å². The standard InChI is InChI=1S/C18H13Cl2N3O2/c19-14-6-2-4-8-16(14)25-11-17(24)23-21-10-13-9-12-5-1-3-7-15(12)22-18(13)20/h1-10H,11H2,(H,23,24)/b21-10-. The first-order chi connectivity index (χ1) is 12.1. The van der Waals surface area contributed by atoms with Crippen LogP contribution < -0.4 is 10.2 Å². The number of nitrogens with zero attached hydrogens (tertiary/aromatic N) is 2. The molecule has 0 aliphatic rings. The highest BCUT2D eigenvalue weighted by Crippen LogP contribution is 2.22. The number of pyridine rings is 1. The van der Waals surface area contributed by atoms with E-state index in [1.807, 2.05) is 30.3 Å². The molecule has 3 rings (SSSR count). The Labute approximate surface area is 154 Å². The van der Waals surface area contributed by atoms with Crippen molar-refractivity contribution in [3.05, 3.63) is 70.3 Å². The van der Waals surface area contributed by atoms with Gasteiger partial charge >= 0.3 is 0 Å². The molecule has 0 aliphatic carbocycles. The summed E-state index contributed by atoms with van der Waals surface area (Å²) >= 11 is 12.1. The normalized spacial score (nSPS) is 11.0. The Balaban J connectivity index is 1.60. The zero-order chi connectivity index (χ0) is 17.6. The molecule has 7 heteroatoms. The summed E-state index contributed by atoms with van der Waals surface area (Å²) in [7, 11) is 0. The van der Waals surface area contributed by atoms with Gasteiger partial charge in [-0.25, -0.2) is 10.4 Å². The Morgan fingerprint density at radius 1 is 1.16 bits per heavy atom. The van der Waals surface area contributed by atoms with Crippen LogP contribution in [-0.4, -0.2) is 23.7 Å². The summed E-state index contributed by atoms with van der Waals surface area (Å²) < 4.78 is 5.33. The minimum Gasteiger partial charge on any atom is -0.482 e. The first-order valence-corrected chi connectivity index (χ1v) is 8.13. The molecule has 0 atom stereocenters. The van der Waals surface area contributed by atoms with E-state index >= 15 is 0 Å². The Morgan fingerprint density at radius 2 is 1.92 bits per heavy atom. The van der Waals surface area contributed by atoms with Gasteiger partial charge in [-0.3, -0.25) is 4.79 Å². The van der Waals surface area contributed by atoms with Gasteiger partial charge in [-0.05, 0) is 24.3 Å². The van der Waals surface area contributed by atoms with Crippen molar-refractivity contribution in [1.29, 1.82) is 0 Å². The molecule has 0 aliphatic heterocycles. The fourth-order valence-corrected chi connectivity index (χ4v) is 2.50. The summed E-state index contributed by atoms with van der Waals surface area (Å²) in [5.41, 5.74) is 3.77.